The van der Waals surface area contributed by atoms with Gasteiger partial charge in [-0.3, -0.25) is 4.79 Å². The lowest BCUT2D eigenvalue weighted by Crippen LogP contribution is -2.43. The molecule has 1 aliphatic heterocycles. The van der Waals surface area contributed by atoms with E-state index in [9.17, 15) is 13.2 Å². The van der Waals surface area contributed by atoms with Crippen LogP contribution in [0.25, 0.3) is 0 Å². The maximum absolute atomic E-state index is 12.8. The molecule has 0 unspecified atom stereocenters. The van der Waals surface area contributed by atoms with Gasteiger partial charge in [-0.25, -0.2) is 13.4 Å². The van der Waals surface area contributed by atoms with Crippen molar-refractivity contribution in [3.05, 3.63) is 40.3 Å². The second-order valence-corrected chi connectivity index (χ2v) is 10.4. The minimum absolute atomic E-state index is 0.0292. The summed E-state index contributed by atoms with van der Waals surface area (Å²) in [6.45, 7) is 3.35. The number of carbonyl (C=O) groups excluding carboxylic acids is 1. The number of thiazole rings is 1. The van der Waals surface area contributed by atoms with Crippen molar-refractivity contribution < 1.29 is 17.9 Å². The van der Waals surface area contributed by atoms with E-state index in [-0.39, 0.29) is 16.7 Å². The number of nitrogens with one attached hydrogen (secondary N) is 1. The highest BCUT2D eigenvalue weighted by Crippen LogP contribution is 2.25. The molecule has 0 spiro atoms. The first kappa shape index (κ1) is 22.7. The first-order valence-electron chi connectivity index (χ1n) is 10.2. The fourth-order valence-electron chi connectivity index (χ4n) is 3.53. The molecule has 1 aliphatic rings. The third-order valence-electron chi connectivity index (χ3n) is 5.31. The van der Waals surface area contributed by atoms with Gasteiger partial charge in [0.15, 0.2) is 0 Å². The summed E-state index contributed by atoms with van der Waals surface area (Å²) in [5.41, 5.74) is 1.06. The molecule has 0 radical (unpaired) electrons. The highest BCUT2D eigenvalue weighted by Gasteiger charge is 2.31. The minimum atomic E-state index is -3.54. The number of benzene rings is 1. The average Bonchev–Trinajstić information content (AvgIpc) is 3.18. The molecular formula is C21H29N3O4S2. The summed E-state index contributed by atoms with van der Waals surface area (Å²) in [5, 5.41) is 6.20. The van der Waals surface area contributed by atoms with Crippen molar-refractivity contribution in [2.24, 2.45) is 5.92 Å². The van der Waals surface area contributed by atoms with Crippen LogP contribution in [-0.4, -0.2) is 50.4 Å². The number of hydrogen-bond acceptors (Lipinski definition) is 6. The average molecular weight is 452 g/mol. The highest BCUT2D eigenvalue weighted by atomic mass is 32.2. The summed E-state index contributed by atoms with van der Waals surface area (Å²) in [5.74, 6) is 0.515. The van der Waals surface area contributed by atoms with E-state index < -0.39 is 10.0 Å². The van der Waals surface area contributed by atoms with Crippen LogP contribution in [0.4, 0.5) is 0 Å². The Morgan fingerprint density at radius 2 is 1.93 bits per heavy atom. The van der Waals surface area contributed by atoms with Crippen LogP contribution in [-0.2, 0) is 21.2 Å². The Labute approximate surface area is 182 Å². The quantitative estimate of drug-likeness (QED) is 0.592. The van der Waals surface area contributed by atoms with Crippen LogP contribution in [0.2, 0.25) is 0 Å². The molecule has 2 heterocycles. The third-order valence-corrected chi connectivity index (χ3v) is 8.24. The number of piperidine rings is 1. The number of sulfonamides is 1. The van der Waals surface area contributed by atoms with Gasteiger partial charge in [0.05, 0.1) is 17.0 Å². The lowest BCUT2D eigenvalue weighted by atomic mass is 9.97. The number of aryl methyl sites for hydroxylation is 2. The Kier molecular flexibility index (Phi) is 7.85. The zero-order valence-corrected chi connectivity index (χ0v) is 19.1. The lowest BCUT2D eigenvalue weighted by Gasteiger charge is -2.30. The monoisotopic (exact) mass is 451 g/mol. The van der Waals surface area contributed by atoms with E-state index in [2.05, 4.69) is 15.7 Å². The van der Waals surface area contributed by atoms with Crippen LogP contribution in [0.3, 0.4) is 0 Å². The van der Waals surface area contributed by atoms with Crippen molar-refractivity contribution in [2.45, 2.75) is 43.9 Å². The summed E-state index contributed by atoms with van der Waals surface area (Å²) in [7, 11) is -2.00. The first-order chi connectivity index (χ1) is 14.4. The number of methoxy groups -OCH3 is 1. The summed E-state index contributed by atoms with van der Waals surface area (Å²) in [6, 6.07) is 6.39. The third kappa shape index (κ3) is 5.80. The number of unbranched alkanes of at least 4 members (excludes halogenated alkanes) is 1. The standard InChI is InChI=1S/C21H29N3O4S2/c1-16-15-29-20(23-16)5-3-4-12-22-21(25)17-10-13-24(14-11-17)30(26,27)19-8-6-18(28-2)7-9-19/h6-9,15,17H,3-5,10-14H2,1-2H3,(H,22,25). The number of nitrogens with zero attached hydrogens (tertiary/aromatic N) is 2. The molecule has 3 rings (SSSR count). The molecule has 1 N–H and O–H groups in total. The van der Waals surface area contributed by atoms with E-state index in [0.29, 0.717) is 38.2 Å². The van der Waals surface area contributed by atoms with Crippen LogP contribution in [0.1, 0.15) is 36.4 Å². The van der Waals surface area contributed by atoms with Crippen molar-refractivity contribution in [2.75, 3.05) is 26.7 Å². The van der Waals surface area contributed by atoms with Gasteiger partial charge in [-0.1, -0.05) is 0 Å². The van der Waals surface area contributed by atoms with Crippen LogP contribution in [0, 0.1) is 12.8 Å². The van der Waals surface area contributed by atoms with Gasteiger partial charge in [0, 0.05) is 36.6 Å². The van der Waals surface area contributed by atoms with Crippen LogP contribution < -0.4 is 10.1 Å². The summed E-state index contributed by atoms with van der Waals surface area (Å²) < 4.78 is 32.2. The molecule has 1 aromatic heterocycles. The highest BCUT2D eigenvalue weighted by molar-refractivity contribution is 7.89. The molecule has 1 amide bonds. The van der Waals surface area contributed by atoms with Gasteiger partial charge in [-0.05, 0) is 63.3 Å². The van der Waals surface area contributed by atoms with Crippen molar-refractivity contribution in [1.29, 1.82) is 0 Å². The van der Waals surface area contributed by atoms with Crippen LogP contribution >= 0.6 is 11.3 Å². The van der Waals surface area contributed by atoms with E-state index in [4.69, 9.17) is 4.74 Å². The number of amides is 1. The van der Waals surface area contributed by atoms with E-state index >= 15 is 0 Å². The fraction of sp³-hybridized carbons (Fsp3) is 0.524. The van der Waals surface area contributed by atoms with Gasteiger partial charge >= 0.3 is 0 Å². The smallest absolute Gasteiger partial charge is 0.243 e. The number of ether oxygens (including phenoxy) is 1. The molecule has 2 aromatic rings. The van der Waals surface area contributed by atoms with Crippen LogP contribution in [0.15, 0.2) is 34.5 Å². The molecule has 9 heteroatoms. The van der Waals surface area contributed by atoms with Crippen molar-refractivity contribution in [3.63, 3.8) is 0 Å². The number of aromatic nitrogens is 1. The molecule has 0 aliphatic carbocycles. The molecule has 30 heavy (non-hydrogen) atoms. The number of carbonyl (C=O) groups is 1. The molecule has 1 fully saturated rings. The van der Waals surface area contributed by atoms with Crippen molar-refractivity contribution >= 4 is 27.3 Å². The predicted molar refractivity (Wildman–Crippen MR) is 117 cm³/mol. The topological polar surface area (TPSA) is 88.6 Å². The lowest BCUT2D eigenvalue weighted by molar-refractivity contribution is -0.126. The van der Waals surface area contributed by atoms with E-state index in [1.54, 1.807) is 42.7 Å². The maximum atomic E-state index is 12.8. The van der Waals surface area contributed by atoms with Gasteiger partial charge < -0.3 is 10.1 Å². The Morgan fingerprint density at radius 1 is 1.23 bits per heavy atom. The van der Waals surface area contributed by atoms with Crippen molar-refractivity contribution in [3.8, 4) is 5.75 Å². The van der Waals surface area contributed by atoms with E-state index in [1.165, 1.54) is 4.31 Å². The maximum Gasteiger partial charge on any atom is 0.243 e. The normalized spacial score (nSPS) is 15.8. The predicted octanol–water partition coefficient (Wildman–Crippen LogP) is 3.00. The van der Waals surface area contributed by atoms with Gasteiger partial charge in [0.25, 0.3) is 0 Å². The van der Waals surface area contributed by atoms with Gasteiger partial charge in [0.2, 0.25) is 15.9 Å². The Hall–Kier alpha value is -1.97. The molecule has 0 saturated carbocycles. The second-order valence-electron chi connectivity index (χ2n) is 7.48. The fourth-order valence-corrected chi connectivity index (χ4v) is 5.82. The molecule has 164 valence electrons. The molecule has 1 aromatic carbocycles. The summed E-state index contributed by atoms with van der Waals surface area (Å²) in [4.78, 5) is 17.1. The van der Waals surface area contributed by atoms with Gasteiger partial charge in [-0.2, -0.15) is 4.31 Å². The Morgan fingerprint density at radius 3 is 2.53 bits per heavy atom. The van der Waals surface area contributed by atoms with Crippen molar-refractivity contribution in [1.82, 2.24) is 14.6 Å². The zero-order chi connectivity index (χ0) is 21.6. The number of rotatable bonds is 9. The summed E-state index contributed by atoms with van der Waals surface area (Å²) in [6.07, 6.45) is 3.93. The molecule has 7 nitrogen and oxygen atoms in total. The molecule has 0 atom stereocenters. The summed E-state index contributed by atoms with van der Waals surface area (Å²) >= 11 is 1.68. The largest absolute Gasteiger partial charge is 0.497 e. The SMILES string of the molecule is COc1ccc(S(=O)(=O)N2CCC(C(=O)NCCCCc3nc(C)cs3)CC2)cc1. The van der Waals surface area contributed by atoms with E-state index in [0.717, 1.165) is 30.0 Å². The molecule has 0 bridgehead atoms. The van der Waals surface area contributed by atoms with Crippen LogP contribution in [0.5, 0.6) is 5.75 Å². The minimum Gasteiger partial charge on any atom is -0.497 e. The first-order valence-corrected chi connectivity index (χ1v) is 12.5. The van der Waals surface area contributed by atoms with Gasteiger partial charge in [-0.15, -0.1) is 11.3 Å². The number of hydrogen-bond donors (Lipinski definition) is 1. The zero-order valence-electron chi connectivity index (χ0n) is 17.5. The second kappa shape index (κ2) is 10.4. The van der Waals surface area contributed by atoms with E-state index in [1.807, 2.05) is 6.92 Å². The Balaban J connectivity index is 1.40. The van der Waals surface area contributed by atoms with Gasteiger partial charge in [0.1, 0.15) is 5.75 Å². The molecule has 1 saturated heterocycles. The Bertz CT molecular complexity index is 933. The molecular weight excluding hydrogens is 422 g/mol.